The molecule has 1 rings (SSSR count). The Morgan fingerprint density at radius 2 is 1.30 bits per heavy atom. The van der Waals surface area contributed by atoms with Gasteiger partial charge in [0.05, 0.1) is 16.0 Å². The number of benzene rings is 1. The maximum Gasteiger partial charge on any atom is 0.416 e. The predicted molar refractivity (Wildman–Crippen MR) is 51.8 cm³/mol. The van der Waals surface area contributed by atoms with Crippen LogP contribution < -0.4 is 0 Å². The Kier molecular flexibility index (Phi) is 3.97. The summed E-state index contributed by atoms with van der Waals surface area (Å²) < 4.78 is 99.3. The van der Waals surface area contributed by atoms with Crippen molar-refractivity contribution in [1.29, 1.82) is 0 Å². The fourth-order valence-corrected chi connectivity index (χ4v) is 1.93. The van der Waals surface area contributed by atoms with Crippen molar-refractivity contribution >= 4 is 16.1 Å². The van der Waals surface area contributed by atoms with Crippen LogP contribution >= 0.6 is 0 Å². The zero-order chi connectivity index (χ0) is 15.8. The molecule has 0 spiro atoms. The SMILES string of the molecule is O=C=NS(=O)(=O)c1cc(C(F)(F)F)cc(C(F)(F)F)c1. The van der Waals surface area contributed by atoms with E-state index in [9.17, 15) is 39.6 Å². The summed E-state index contributed by atoms with van der Waals surface area (Å²) in [5.41, 5.74) is -3.65. The van der Waals surface area contributed by atoms with Gasteiger partial charge in [0, 0.05) is 0 Å². The van der Waals surface area contributed by atoms with Crippen LogP contribution in [0.1, 0.15) is 11.1 Å². The molecule has 1 aromatic rings. The summed E-state index contributed by atoms with van der Waals surface area (Å²) in [4.78, 5) is 8.44. The first kappa shape index (κ1) is 16.2. The molecule has 0 unspecified atom stereocenters. The van der Waals surface area contributed by atoms with E-state index in [2.05, 4.69) is 4.40 Å². The van der Waals surface area contributed by atoms with Gasteiger partial charge >= 0.3 is 12.4 Å². The molecule has 0 aliphatic carbocycles. The maximum atomic E-state index is 12.4. The first-order valence-corrected chi connectivity index (χ1v) is 5.95. The van der Waals surface area contributed by atoms with E-state index < -0.39 is 38.4 Å². The Hall–Kier alpha value is -1.87. The number of isocyanates is 1. The lowest BCUT2D eigenvalue weighted by atomic mass is 10.1. The van der Waals surface area contributed by atoms with Crippen molar-refractivity contribution in [3.63, 3.8) is 0 Å². The van der Waals surface area contributed by atoms with Crippen LogP contribution in [0.4, 0.5) is 26.3 Å². The third-order valence-corrected chi connectivity index (χ3v) is 3.16. The minimum Gasteiger partial charge on any atom is -0.210 e. The summed E-state index contributed by atoms with van der Waals surface area (Å²) in [7, 11) is -4.97. The number of carbonyl (C=O) groups excluding carboxylic acids is 1. The third-order valence-electron chi connectivity index (χ3n) is 2.02. The van der Waals surface area contributed by atoms with Gasteiger partial charge in [-0.3, -0.25) is 0 Å². The quantitative estimate of drug-likeness (QED) is 0.478. The molecule has 110 valence electrons. The summed E-state index contributed by atoms with van der Waals surface area (Å²) in [6, 6.07) is -0.347. The first-order valence-electron chi connectivity index (χ1n) is 4.51. The van der Waals surface area contributed by atoms with E-state index in [4.69, 9.17) is 0 Å². The average Bonchev–Trinajstić information content (AvgIpc) is 2.26. The van der Waals surface area contributed by atoms with Gasteiger partial charge < -0.3 is 0 Å². The van der Waals surface area contributed by atoms with Crippen molar-refractivity contribution in [1.82, 2.24) is 0 Å². The molecule has 0 radical (unpaired) electrons. The van der Waals surface area contributed by atoms with Gasteiger partial charge in [-0.05, 0) is 18.2 Å². The molecule has 0 aromatic heterocycles. The zero-order valence-electron chi connectivity index (χ0n) is 9.08. The molecule has 0 saturated heterocycles. The van der Waals surface area contributed by atoms with Crippen LogP contribution in [0, 0.1) is 0 Å². The predicted octanol–water partition coefficient (Wildman–Crippen LogP) is 2.75. The summed E-state index contributed by atoms with van der Waals surface area (Å²) in [5, 5.41) is 0. The molecule has 20 heavy (non-hydrogen) atoms. The molecule has 0 bridgehead atoms. The lowest BCUT2D eigenvalue weighted by Gasteiger charge is -2.12. The monoisotopic (exact) mass is 319 g/mol. The number of rotatable bonds is 2. The van der Waals surface area contributed by atoms with E-state index in [1.807, 2.05) is 0 Å². The summed E-state index contributed by atoms with van der Waals surface area (Å²) in [6.45, 7) is 0. The minimum absolute atomic E-state index is 0.0502. The fourth-order valence-electron chi connectivity index (χ4n) is 1.18. The van der Waals surface area contributed by atoms with Crippen LogP contribution in [0.3, 0.4) is 0 Å². The number of hydrogen-bond acceptors (Lipinski definition) is 3. The molecule has 4 nitrogen and oxygen atoms in total. The summed E-state index contributed by atoms with van der Waals surface area (Å²) in [6.07, 6.45) is -9.85. The highest BCUT2D eigenvalue weighted by Gasteiger charge is 2.38. The van der Waals surface area contributed by atoms with Gasteiger partial charge in [0.25, 0.3) is 16.1 Å². The molecule has 0 atom stereocenters. The fraction of sp³-hybridized carbons (Fsp3) is 0.222. The van der Waals surface area contributed by atoms with Crippen LogP contribution in [0.25, 0.3) is 0 Å². The Morgan fingerprint density at radius 1 is 0.900 bits per heavy atom. The Morgan fingerprint density at radius 3 is 1.60 bits per heavy atom. The highest BCUT2D eigenvalue weighted by Crippen LogP contribution is 2.37. The van der Waals surface area contributed by atoms with Gasteiger partial charge in [0.2, 0.25) is 0 Å². The Labute approximate surface area is 107 Å². The van der Waals surface area contributed by atoms with Crippen LogP contribution in [0.15, 0.2) is 27.5 Å². The topological polar surface area (TPSA) is 63.6 Å². The van der Waals surface area contributed by atoms with Crippen molar-refractivity contribution in [3.05, 3.63) is 29.3 Å². The lowest BCUT2D eigenvalue weighted by molar-refractivity contribution is -0.143. The van der Waals surface area contributed by atoms with E-state index in [0.29, 0.717) is 6.08 Å². The lowest BCUT2D eigenvalue weighted by Crippen LogP contribution is -2.13. The minimum atomic E-state index is -5.20. The second kappa shape index (κ2) is 4.91. The van der Waals surface area contributed by atoms with Gasteiger partial charge in [-0.1, -0.05) is 4.40 Å². The third kappa shape index (κ3) is 3.58. The molecule has 11 heteroatoms. The summed E-state index contributed by atoms with van der Waals surface area (Å²) >= 11 is 0. The standard InChI is InChI=1S/C9H3F6NO3S/c10-8(11,12)5-1-6(9(13,14)15)3-7(2-5)20(18,19)16-4-17/h1-3H. The van der Waals surface area contributed by atoms with E-state index in [1.165, 1.54) is 0 Å². The zero-order valence-corrected chi connectivity index (χ0v) is 9.90. The molecular weight excluding hydrogens is 316 g/mol. The molecule has 0 N–H and O–H groups in total. The van der Waals surface area contributed by atoms with Crippen molar-refractivity contribution in [3.8, 4) is 0 Å². The van der Waals surface area contributed by atoms with Gasteiger partial charge in [-0.15, -0.1) is 0 Å². The summed E-state index contributed by atoms with van der Waals surface area (Å²) in [5.74, 6) is 0. The molecule has 0 aliphatic heterocycles. The van der Waals surface area contributed by atoms with Gasteiger partial charge in [0.15, 0.2) is 0 Å². The maximum absolute atomic E-state index is 12.4. The van der Waals surface area contributed by atoms with E-state index in [1.54, 1.807) is 0 Å². The molecule has 0 heterocycles. The molecular formula is C9H3F6NO3S. The Balaban J connectivity index is 3.67. The average molecular weight is 319 g/mol. The number of alkyl halides is 6. The van der Waals surface area contributed by atoms with Crippen LogP contribution in [-0.2, 0) is 27.2 Å². The Bertz CT molecular complexity index is 638. The van der Waals surface area contributed by atoms with E-state index in [-0.39, 0.29) is 18.2 Å². The number of nitrogens with zero attached hydrogens (tertiary/aromatic N) is 1. The number of sulfonamides is 1. The van der Waals surface area contributed by atoms with Crippen molar-refractivity contribution in [2.24, 2.45) is 4.40 Å². The molecule has 0 amide bonds. The van der Waals surface area contributed by atoms with Crippen LogP contribution in [0.2, 0.25) is 0 Å². The molecule has 1 aromatic carbocycles. The van der Waals surface area contributed by atoms with Crippen LogP contribution in [-0.4, -0.2) is 14.5 Å². The largest absolute Gasteiger partial charge is 0.416 e. The molecule has 0 fully saturated rings. The van der Waals surface area contributed by atoms with Crippen molar-refractivity contribution in [2.45, 2.75) is 17.2 Å². The smallest absolute Gasteiger partial charge is 0.210 e. The molecule has 0 saturated carbocycles. The first-order chi connectivity index (χ1) is 8.88. The normalized spacial score (nSPS) is 12.9. The van der Waals surface area contributed by atoms with Gasteiger partial charge in [-0.2, -0.15) is 34.8 Å². The van der Waals surface area contributed by atoms with E-state index in [0.717, 1.165) is 0 Å². The van der Waals surface area contributed by atoms with Gasteiger partial charge in [-0.25, -0.2) is 4.79 Å². The van der Waals surface area contributed by atoms with Crippen molar-refractivity contribution in [2.75, 3.05) is 0 Å². The van der Waals surface area contributed by atoms with E-state index >= 15 is 0 Å². The number of halogens is 6. The van der Waals surface area contributed by atoms with Crippen molar-refractivity contribution < 1.29 is 39.6 Å². The second-order valence-electron chi connectivity index (χ2n) is 3.40. The second-order valence-corrected chi connectivity index (χ2v) is 5.00. The van der Waals surface area contributed by atoms with Crippen LogP contribution in [0.5, 0.6) is 0 Å². The highest BCUT2D eigenvalue weighted by atomic mass is 32.2. The highest BCUT2D eigenvalue weighted by molar-refractivity contribution is 7.90. The number of hydrogen-bond donors (Lipinski definition) is 0. The molecule has 0 aliphatic rings. The van der Waals surface area contributed by atoms with Gasteiger partial charge in [0.1, 0.15) is 0 Å².